The molecule has 0 fully saturated rings. The van der Waals surface area contributed by atoms with Crippen LogP contribution in [-0.2, 0) is 9.59 Å². The second kappa shape index (κ2) is 9.61. The van der Waals surface area contributed by atoms with Crippen LogP contribution in [0.4, 0.5) is 0 Å². The minimum absolute atomic E-state index is 0.403. The second-order valence-corrected chi connectivity index (χ2v) is 6.95. The van der Waals surface area contributed by atoms with Crippen LogP contribution in [0, 0.1) is 0 Å². The van der Waals surface area contributed by atoms with Crippen molar-refractivity contribution < 1.29 is 19.1 Å². The van der Waals surface area contributed by atoms with Gasteiger partial charge in [-0.2, -0.15) is 0 Å². The molecule has 0 atom stereocenters. The quantitative estimate of drug-likeness (QED) is 0.310. The number of hydrogen-bond donors (Lipinski definition) is 0. The normalized spacial score (nSPS) is 11.1. The smallest absolute Gasteiger partial charge is 0.335 e. The zero-order valence-corrected chi connectivity index (χ0v) is 16.8. The Morgan fingerprint density at radius 1 is 0.793 bits per heavy atom. The van der Waals surface area contributed by atoms with E-state index in [1.165, 1.54) is 12.2 Å². The Balaban J connectivity index is 1.70. The van der Waals surface area contributed by atoms with Crippen LogP contribution < -0.4 is 9.47 Å². The summed E-state index contributed by atoms with van der Waals surface area (Å²) in [5.74, 6) is 0.165. The molecule has 146 valence electrons. The molecular formula is C23H19NO4S. The van der Waals surface area contributed by atoms with Crippen molar-refractivity contribution >= 4 is 23.3 Å². The maximum absolute atomic E-state index is 11.5. The summed E-state index contributed by atoms with van der Waals surface area (Å²) in [5, 5.41) is 0.856. The first-order chi connectivity index (χ1) is 14.1. The van der Waals surface area contributed by atoms with Crippen LogP contribution in [0.2, 0.25) is 0 Å². The number of esters is 2. The number of hydrogen-bond acceptors (Lipinski definition) is 6. The molecule has 0 N–H and O–H groups in total. The number of benzene rings is 2. The topological polar surface area (TPSA) is 65.5 Å². The largest absolute Gasteiger partial charge is 0.423 e. The summed E-state index contributed by atoms with van der Waals surface area (Å²) in [7, 11) is 0. The first kappa shape index (κ1) is 20.2. The highest BCUT2D eigenvalue weighted by atomic mass is 32.1. The lowest BCUT2D eigenvalue weighted by molar-refractivity contribution is -0.129. The molecule has 0 bridgehead atoms. The van der Waals surface area contributed by atoms with Crippen LogP contribution in [0.1, 0.15) is 13.8 Å². The number of carbonyl (C=O) groups excluding carboxylic acids is 2. The van der Waals surface area contributed by atoms with Gasteiger partial charge in [0.2, 0.25) is 0 Å². The summed E-state index contributed by atoms with van der Waals surface area (Å²) in [6.07, 6.45) is 7.81. The van der Waals surface area contributed by atoms with Crippen molar-refractivity contribution in [2.75, 3.05) is 0 Å². The predicted octanol–water partition coefficient (Wildman–Crippen LogP) is 5.44. The number of ether oxygens (including phenoxy) is 2. The molecule has 6 heteroatoms. The molecule has 3 rings (SSSR count). The molecule has 3 aromatic rings. The van der Waals surface area contributed by atoms with Gasteiger partial charge in [-0.3, -0.25) is 0 Å². The number of rotatable bonds is 6. The Labute approximate surface area is 172 Å². The number of allylic oxidation sites excluding steroid dienone is 2. The van der Waals surface area contributed by atoms with Crippen molar-refractivity contribution in [3.63, 3.8) is 0 Å². The lowest BCUT2D eigenvalue weighted by atomic mass is 10.2. The minimum atomic E-state index is -0.406. The van der Waals surface area contributed by atoms with Gasteiger partial charge >= 0.3 is 11.9 Å². The van der Waals surface area contributed by atoms with E-state index in [4.69, 9.17) is 9.47 Å². The maximum atomic E-state index is 11.5. The summed E-state index contributed by atoms with van der Waals surface area (Å²) < 4.78 is 10.4. The third kappa shape index (κ3) is 5.49. The van der Waals surface area contributed by atoms with E-state index >= 15 is 0 Å². The van der Waals surface area contributed by atoms with Gasteiger partial charge in [0.1, 0.15) is 16.5 Å². The van der Waals surface area contributed by atoms with Crippen LogP contribution in [-0.4, -0.2) is 16.9 Å². The van der Waals surface area contributed by atoms with Crippen molar-refractivity contribution in [3.05, 3.63) is 79.0 Å². The lowest BCUT2D eigenvalue weighted by Crippen LogP contribution is -2.03. The summed E-state index contributed by atoms with van der Waals surface area (Å²) >= 11 is 1.55. The van der Waals surface area contributed by atoms with Crippen LogP contribution in [0.3, 0.4) is 0 Å². The first-order valence-corrected chi connectivity index (χ1v) is 9.76. The highest BCUT2D eigenvalue weighted by molar-refractivity contribution is 7.18. The molecule has 0 unspecified atom stereocenters. The van der Waals surface area contributed by atoms with Gasteiger partial charge in [0, 0.05) is 23.9 Å². The van der Waals surface area contributed by atoms with E-state index in [2.05, 4.69) is 4.98 Å². The van der Waals surface area contributed by atoms with E-state index in [1.807, 2.05) is 24.3 Å². The average Bonchev–Trinajstić information content (AvgIpc) is 3.20. The molecule has 2 aromatic carbocycles. The van der Waals surface area contributed by atoms with Crippen LogP contribution in [0.25, 0.3) is 21.0 Å². The molecule has 29 heavy (non-hydrogen) atoms. The molecule has 5 nitrogen and oxygen atoms in total. The predicted molar refractivity (Wildman–Crippen MR) is 114 cm³/mol. The molecule has 0 saturated carbocycles. The Kier molecular flexibility index (Phi) is 6.71. The molecule has 0 saturated heterocycles. The summed E-state index contributed by atoms with van der Waals surface area (Å²) in [5.41, 5.74) is 1.92. The van der Waals surface area contributed by atoms with Crippen molar-refractivity contribution in [1.29, 1.82) is 0 Å². The minimum Gasteiger partial charge on any atom is -0.423 e. The second-order valence-electron chi connectivity index (χ2n) is 5.92. The van der Waals surface area contributed by atoms with Gasteiger partial charge < -0.3 is 9.47 Å². The van der Waals surface area contributed by atoms with Gasteiger partial charge in [0.15, 0.2) is 0 Å². The fourth-order valence-corrected chi connectivity index (χ4v) is 3.39. The zero-order chi connectivity index (χ0) is 20.6. The SMILES string of the molecule is CC=CC(=O)Oc1ccc(-c2cnc(-c3ccc(OC(=O)C=CC)cc3)s2)cc1. The molecule has 0 radical (unpaired) electrons. The van der Waals surface area contributed by atoms with Crippen molar-refractivity contribution in [2.24, 2.45) is 0 Å². The molecule has 0 spiro atoms. The van der Waals surface area contributed by atoms with Crippen molar-refractivity contribution in [1.82, 2.24) is 4.98 Å². The number of aromatic nitrogens is 1. The number of nitrogens with zero attached hydrogens (tertiary/aromatic N) is 1. The van der Waals surface area contributed by atoms with Crippen LogP contribution in [0.15, 0.2) is 79.0 Å². The average molecular weight is 405 g/mol. The van der Waals surface area contributed by atoms with Crippen molar-refractivity contribution in [2.45, 2.75) is 13.8 Å². The molecule has 0 aliphatic heterocycles. The van der Waals surface area contributed by atoms with Crippen LogP contribution in [0.5, 0.6) is 11.5 Å². The van der Waals surface area contributed by atoms with E-state index in [0.717, 1.165) is 21.0 Å². The fourth-order valence-electron chi connectivity index (χ4n) is 2.47. The van der Waals surface area contributed by atoms with E-state index in [-0.39, 0.29) is 0 Å². The summed E-state index contributed by atoms with van der Waals surface area (Å²) in [6.45, 7) is 3.52. The Hall–Kier alpha value is -3.51. The van der Waals surface area contributed by atoms with Gasteiger partial charge in [-0.15, -0.1) is 11.3 Å². The monoisotopic (exact) mass is 405 g/mol. The van der Waals surface area contributed by atoms with E-state index in [0.29, 0.717) is 11.5 Å². The molecule has 1 heterocycles. The molecular weight excluding hydrogens is 386 g/mol. The Morgan fingerprint density at radius 2 is 1.28 bits per heavy atom. The molecule has 0 amide bonds. The van der Waals surface area contributed by atoms with Gasteiger partial charge in [0.05, 0.1) is 4.88 Å². The molecule has 0 aliphatic rings. The molecule has 0 aliphatic carbocycles. The summed E-state index contributed by atoms with van der Waals surface area (Å²) in [6, 6.07) is 14.5. The van der Waals surface area contributed by atoms with Gasteiger partial charge in [0.25, 0.3) is 0 Å². The first-order valence-electron chi connectivity index (χ1n) is 8.94. The maximum Gasteiger partial charge on any atom is 0.335 e. The number of thiazole rings is 1. The fraction of sp³-hybridized carbons (Fsp3) is 0.0870. The van der Waals surface area contributed by atoms with Crippen molar-refractivity contribution in [3.8, 4) is 32.5 Å². The number of carbonyl (C=O) groups is 2. The third-order valence-electron chi connectivity index (χ3n) is 3.79. The van der Waals surface area contributed by atoms with Gasteiger partial charge in [-0.05, 0) is 67.9 Å². The Bertz CT molecular complexity index is 963. The lowest BCUT2D eigenvalue weighted by Gasteiger charge is -2.03. The van der Waals surface area contributed by atoms with E-state index in [9.17, 15) is 9.59 Å². The molecule has 1 aromatic heterocycles. The standard InChI is InChI=1S/C23H19NO4S/c1-3-5-21(25)27-18-11-7-16(8-12-18)20-15-24-23(29-20)17-9-13-19(14-10-17)28-22(26)6-4-2/h3-15H,1-2H3. The summed E-state index contributed by atoms with van der Waals surface area (Å²) in [4.78, 5) is 28.5. The highest BCUT2D eigenvalue weighted by Gasteiger charge is 2.09. The third-order valence-corrected chi connectivity index (χ3v) is 4.88. The van der Waals surface area contributed by atoms with Crippen LogP contribution >= 0.6 is 11.3 Å². The zero-order valence-electron chi connectivity index (χ0n) is 16.0. The van der Waals surface area contributed by atoms with Gasteiger partial charge in [-0.25, -0.2) is 14.6 Å². The van der Waals surface area contributed by atoms with E-state index < -0.39 is 11.9 Å². The van der Waals surface area contributed by atoms with E-state index in [1.54, 1.807) is 67.8 Å². The highest BCUT2D eigenvalue weighted by Crippen LogP contribution is 2.33. The van der Waals surface area contributed by atoms with Gasteiger partial charge in [-0.1, -0.05) is 12.2 Å². The Morgan fingerprint density at radius 3 is 1.76 bits per heavy atom.